The van der Waals surface area contributed by atoms with Crippen LogP contribution in [0.15, 0.2) is 24.3 Å². The molecule has 10 heteroatoms. The number of hydrogen-bond acceptors (Lipinski definition) is 7. The molecular formula is C22H32N4O6. The lowest BCUT2D eigenvalue weighted by Gasteiger charge is -2.35. The first-order valence-electron chi connectivity index (χ1n) is 10.6. The molecule has 1 saturated heterocycles. The summed E-state index contributed by atoms with van der Waals surface area (Å²) in [5.41, 5.74) is 3.52. The van der Waals surface area contributed by atoms with Crippen molar-refractivity contribution in [3.63, 3.8) is 0 Å². The molecule has 1 fully saturated rings. The predicted molar refractivity (Wildman–Crippen MR) is 116 cm³/mol. The van der Waals surface area contributed by atoms with Crippen molar-refractivity contribution in [2.75, 3.05) is 13.7 Å². The van der Waals surface area contributed by atoms with Crippen LogP contribution >= 0.6 is 0 Å². The summed E-state index contributed by atoms with van der Waals surface area (Å²) in [5, 5.41) is 16.5. The van der Waals surface area contributed by atoms with Gasteiger partial charge in [0.15, 0.2) is 0 Å². The standard InChI is InChI=1S/C22H32N4O6/c1-13(2)19(23-14(3)27)20(29)24-18(12-15-7-5-8-16(28)11-15)21(30)26-10-6-9-17(25-26)22(31)32-4/h5,7-8,11,13,17-19,25,28H,6,9-10,12H2,1-4H3,(H,23,27)(H,24,29)/t17?,18-,19?/m0/s1. The highest BCUT2D eigenvalue weighted by Gasteiger charge is 2.34. The second-order valence-corrected chi connectivity index (χ2v) is 8.19. The SMILES string of the molecule is COC(=O)C1CCCN(C(=O)[C@H](Cc2cccc(O)c2)NC(=O)C(NC(C)=O)C(C)C)N1. The van der Waals surface area contributed by atoms with Crippen LogP contribution in [-0.2, 0) is 30.3 Å². The Morgan fingerprint density at radius 1 is 1.25 bits per heavy atom. The van der Waals surface area contributed by atoms with Gasteiger partial charge in [0, 0.05) is 19.9 Å². The summed E-state index contributed by atoms with van der Waals surface area (Å²) in [6.07, 6.45) is 1.23. The van der Waals surface area contributed by atoms with Crippen LogP contribution in [0.25, 0.3) is 0 Å². The first-order chi connectivity index (χ1) is 15.1. The minimum Gasteiger partial charge on any atom is -0.508 e. The fourth-order valence-corrected chi connectivity index (χ4v) is 3.58. The number of esters is 1. The molecule has 0 radical (unpaired) electrons. The topological polar surface area (TPSA) is 137 Å². The largest absolute Gasteiger partial charge is 0.508 e. The monoisotopic (exact) mass is 448 g/mol. The predicted octanol–water partition coefficient (Wildman–Crippen LogP) is 0.249. The zero-order valence-corrected chi connectivity index (χ0v) is 18.9. The maximum atomic E-state index is 13.3. The number of hydrogen-bond donors (Lipinski definition) is 4. The van der Waals surface area contributed by atoms with Gasteiger partial charge < -0.3 is 20.5 Å². The lowest BCUT2D eigenvalue weighted by Crippen LogP contribution is -2.62. The number of methoxy groups -OCH3 is 1. The molecule has 0 spiro atoms. The maximum Gasteiger partial charge on any atom is 0.324 e. The molecule has 3 atom stereocenters. The quantitative estimate of drug-likeness (QED) is 0.418. The number of phenolic OH excluding ortho intramolecular Hbond substituents is 1. The van der Waals surface area contributed by atoms with Crippen LogP contribution in [0.3, 0.4) is 0 Å². The number of benzene rings is 1. The summed E-state index contributed by atoms with van der Waals surface area (Å²) in [4.78, 5) is 49.8. The molecule has 2 unspecified atom stereocenters. The summed E-state index contributed by atoms with van der Waals surface area (Å²) in [7, 11) is 1.28. The van der Waals surface area contributed by atoms with Gasteiger partial charge in [0.1, 0.15) is 23.9 Å². The Bertz CT molecular complexity index is 843. The molecule has 10 nitrogen and oxygen atoms in total. The third kappa shape index (κ3) is 6.94. The zero-order chi connectivity index (χ0) is 23.8. The lowest BCUT2D eigenvalue weighted by atomic mass is 10.0. The average molecular weight is 449 g/mol. The Morgan fingerprint density at radius 2 is 1.97 bits per heavy atom. The van der Waals surface area contributed by atoms with E-state index >= 15 is 0 Å². The van der Waals surface area contributed by atoms with E-state index in [9.17, 15) is 24.3 Å². The van der Waals surface area contributed by atoms with Crippen molar-refractivity contribution < 1.29 is 29.0 Å². The molecule has 2 rings (SSSR count). The van der Waals surface area contributed by atoms with Crippen LogP contribution in [0, 0.1) is 5.92 Å². The molecule has 176 valence electrons. The van der Waals surface area contributed by atoms with E-state index in [1.165, 1.54) is 31.2 Å². The van der Waals surface area contributed by atoms with Crippen LogP contribution < -0.4 is 16.1 Å². The molecule has 3 amide bonds. The second kappa shape index (κ2) is 11.5. The molecule has 0 saturated carbocycles. The Morgan fingerprint density at radius 3 is 2.56 bits per heavy atom. The number of amides is 3. The Labute approximate surface area is 187 Å². The molecular weight excluding hydrogens is 416 g/mol. The van der Waals surface area contributed by atoms with Gasteiger partial charge in [-0.05, 0) is 36.5 Å². The molecule has 0 aliphatic carbocycles. The van der Waals surface area contributed by atoms with E-state index < -0.39 is 35.9 Å². The second-order valence-electron chi connectivity index (χ2n) is 8.19. The highest BCUT2D eigenvalue weighted by molar-refractivity contribution is 5.92. The average Bonchev–Trinajstić information content (AvgIpc) is 2.75. The van der Waals surface area contributed by atoms with Gasteiger partial charge in [-0.2, -0.15) is 0 Å². The number of ether oxygens (including phenoxy) is 1. The van der Waals surface area contributed by atoms with Gasteiger partial charge in [0.2, 0.25) is 11.8 Å². The number of carbonyl (C=O) groups excluding carboxylic acids is 4. The van der Waals surface area contributed by atoms with Crippen molar-refractivity contribution in [3.05, 3.63) is 29.8 Å². The third-order valence-electron chi connectivity index (χ3n) is 5.21. The van der Waals surface area contributed by atoms with Crippen molar-refractivity contribution >= 4 is 23.7 Å². The van der Waals surface area contributed by atoms with Crippen molar-refractivity contribution in [2.45, 2.75) is 58.2 Å². The fourth-order valence-electron chi connectivity index (χ4n) is 3.58. The number of phenols is 1. The number of nitrogens with one attached hydrogen (secondary N) is 3. The Hall–Kier alpha value is -3.14. The van der Waals surface area contributed by atoms with Gasteiger partial charge >= 0.3 is 5.97 Å². The van der Waals surface area contributed by atoms with E-state index in [2.05, 4.69) is 16.1 Å². The number of nitrogens with zero attached hydrogens (tertiary/aromatic N) is 1. The van der Waals surface area contributed by atoms with Crippen LogP contribution in [0.5, 0.6) is 5.75 Å². The molecule has 0 bridgehead atoms. The van der Waals surface area contributed by atoms with E-state index in [1.54, 1.807) is 26.0 Å². The van der Waals surface area contributed by atoms with Gasteiger partial charge in [0.25, 0.3) is 5.91 Å². The highest BCUT2D eigenvalue weighted by Crippen LogP contribution is 2.16. The lowest BCUT2D eigenvalue weighted by molar-refractivity contribution is -0.151. The van der Waals surface area contributed by atoms with Crippen LogP contribution in [0.1, 0.15) is 39.2 Å². The summed E-state index contributed by atoms with van der Waals surface area (Å²) < 4.78 is 4.77. The molecule has 1 aliphatic rings. The molecule has 0 aromatic heterocycles. The molecule has 4 N–H and O–H groups in total. The fraction of sp³-hybridized carbons (Fsp3) is 0.545. The van der Waals surface area contributed by atoms with Gasteiger partial charge in [-0.1, -0.05) is 26.0 Å². The molecule has 32 heavy (non-hydrogen) atoms. The normalized spacial score (nSPS) is 17.9. The van der Waals surface area contributed by atoms with Crippen molar-refractivity contribution in [2.24, 2.45) is 5.92 Å². The van der Waals surface area contributed by atoms with Crippen molar-refractivity contribution in [1.82, 2.24) is 21.1 Å². The van der Waals surface area contributed by atoms with Crippen LogP contribution in [0.2, 0.25) is 0 Å². The van der Waals surface area contributed by atoms with Gasteiger partial charge in [-0.15, -0.1) is 0 Å². The Balaban J connectivity index is 2.25. The smallest absolute Gasteiger partial charge is 0.324 e. The van der Waals surface area contributed by atoms with Gasteiger partial charge in [0.05, 0.1) is 7.11 Å². The Kier molecular flexibility index (Phi) is 9.01. The molecule has 1 aliphatic heterocycles. The highest BCUT2D eigenvalue weighted by atomic mass is 16.5. The van der Waals surface area contributed by atoms with E-state index in [4.69, 9.17) is 4.74 Å². The first kappa shape index (κ1) is 25.1. The number of hydrazine groups is 1. The minimum absolute atomic E-state index is 0.0418. The van der Waals surface area contributed by atoms with E-state index in [0.717, 1.165) is 0 Å². The van der Waals surface area contributed by atoms with E-state index in [1.807, 2.05) is 0 Å². The zero-order valence-electron chi connectivity index (χ0n) is 18.9. The number of rotatable bonds is 8. The minimum atomic E-state index is -0.983. The number of aromatic hydroxyl groups is 1. The van der Waals surface area contributed by atoms with Gasteiger partial charge in [-0.3, -0.25) is 24.2 Å². The van der Waals surface area contributed by atoms with Crippen LogP contribution in [0.4, 0.5) is 0 Å². The van der Waals surface area contributed by atoms with E-state index in [-0.39, 0.29) is 24.0 Å². The molecule has 1 aromatic carbocycles. The summed E-state index contributed by atoms with van der Waals surface area (Å²) in [5.74, 6) is -1.90. The maximum absolute atomic E-state index is 13.3. The molecule has 1 heterocycles. The summed E-state index contributed by atoms with van der Waals surface area (Å²) in [6, 6.07) is 3.96. The summed E-state index contributed by atoms with van der Waals surface area (Å²) in [6.45, 7) is 5.26. The third-order valence-corrected chi connectivity index (χ3v) is 5.21. The van der Waals surface area contributed by atoms with Crippen molar-refractivity contribution in [1.29, 1.82) is 0 Å². The summed E-state index contributed by atoms with van der Waals surface area (Å²) >= 11 is 0. The van der Waals surface area contributed by atoms with Crippen molar-refractivity contribution in [3.8, 4) is 5.75 Å². The van der Waals surface area contributed by atoms with Crippen LogP contribution in [-0.4, -0.2) is 65.6 Å². The van der Waals surface area contributed by atoms with E-state index in [0.29, 0.717) is 24.9 Å². The van der Waals surface area contributed by atoms with Gasteiger partial charge in [-0.25, -0.2) is 5.43 Å². The molecule has 1 aromatic rings. The first-order valence-corrected chi connectivity index (χ1v) is 10.6. The number of carbonyl (C=O) groups is 4.